The fourth-order valence-corrected chi connectivity index (χ4v) is 3.01. The van der Waals surface area contributed by atoms with Gasteiger partial charge in [-0.05, 0) is 37.0 Å². The lowest BCUT2D eigenvalue weighted by Crippen LogP contribution is -2.48. The first kappa shape index (κ1) is 13.8. The molecule has 1 fully saturated rings. The van der Waals surface area contributed by atoms with Crippen molar-refractivity contribution in [2.75, 3.05) is 7.11 Å². The van der Waals surface area contributed by atoms with Crippen molar-refractivity contribution in [1.82, 2.24) is 0 Å². The van der Waals surface area contributed by atoms with Crippen LogP contribution in [-0.4, -0.2) is 18.8 Å². The number of hydrogen-bond donors (Lipinski definition) is 1. The highest BCUT2D eigenvalue weighted by Crippen LogP contribution is 2.36. The van der Waals surface area contributed by atoms with E-state index in [4.69, 9.17) is 22.1 Å². The third kappa shape index (κ3) is 2.68. The lowest BCUT2D eigenvalue weighted by molar-refractivity contribution is -0.0253. The van der Waals surface area contributed by atoms with E-state index >= 15 is 0 Å². The standard InChI is InChI=1S/C14H19ClFNO/c1-18-14(6-2-3-7-14)13(17)9-10-4-5-12(16)11(15)8-10/h4-5,8,13H,2-3,6-7,9,17H2,1H3. The van der Waals surface area contributed by atoms with Crippen molar-refractivity contribution in [2.24, 2.45) is 5.73 Å². The molecular formula is C14H19ClFNO. The van der Waals surface area contributed by atoms with Crippen molar-refractivity contribution in [3.63, 3.8) is 0 Å². The molecule has 2 N–H and O–H groups in total. The molecule has 1 aromatic rings. The predicted octanol–water partition coefficient (Wildman–Crippen LogP) is 3.31. The van der Waals surface area contributed by atoms with Gasteiger partial charge in [-0.1, -0.05) is 30.5 Å². The summed E-state index contributed by atoms with van der Waals surface area (Å²) in [6.45, 7) is 0. The van der Waals surface area contributed by atoms with Crippen molar-refractivity contribution in [1.29, 1.82) is 0 Å². The van der Waals surface area contributed by atoms with Gasteiger partial charge in [0.15, 0.2) is 0 Å². The van der Waals surface area contributed by atoms with E-state index in [0.717, 1.165) is 31.2 Å². The van der Waals surface area contributed by atoms with Gasteiger partial charge >= 0.3 is 0 Å². The monoisotopic (exact) mass is 271 g/mol. The first-order valence-corrected chi connectivity index (χ1v) is 6.70. The summed E-state index contributed by atoms with van der Waals surface area (Å²) in [6.07, 6.45) is 4.98. The van der Waals surface area contributed by atoms with Crippen molar-refractivity contribution in [3.05, 3.63) is 34.6 Å². The average molecular weight is 272 g/mol. The molecule has 100 valence electrons. The van der Waals surface area contributed by atoms with E-state index in [2.05, 4.69) is 0 Å². The Bertz CT molecular complexity index is 418. The van der Waals surface area contributed by atoms with Crippen LogP contribution in [0, 0.1) is 5.82 Å². The van der Waals surface area contributed by atoms with Crippen LogP contribution in [0.1, 0.15) is 31.2 Å². The van der Waals surface area contributed by atoms with Crippen LogP contribution in [0.15, 0.2) is 18.2 Å². The molecular weight excluding hydrogens is 253 g/mol. The molecule has 0 aliphatic heterocycles. The lowest BCUT2D eigenvalue weighted by Gasteiger charge is -2.34. The summed E-state index contributed by atoms with van der Waals surface area (Å²) in [4.78, 5) is 0. The summed E-state index contributed by atoms with van der Waals surface area (Å²) in [5, 5.41) is 0.151. The highest BCUT2D eigenvalue weighted by atomic mass is 35.5. The van der Waals surface area contributed by atoms with Crippen LogP contribution in [0.5, 0.6) is 0 Å². The second kappa shape index (κ2) is 5.55. The maximum atomic E-state index is 13.1. The second-order valence-corrected chi connectivity index (χ2v) is 5.44. The van der Waals surface area contributed by atoms with E-state index in [0.29, 0.717) is 6.42 Å². The molecule has 18 heavy (non-hydrogen) atoms. The Kier molecular flexibility index (Phi) is 4.25. The van der Waals surface area contributed by atoms with E-state index in [1.54, 1.807) is 19.2 Å². The summed E-state index contributed by atoms with van der Waals surface area (Å²) in [7, 11) is 1.73. The van der Waals surface area contributed by atoms with Gasteiger partial charge in [0, 0.05) is 13.2 Å². The Morgan fingerprint density at radius 2 is 2.11 bits per heavy atom. The summed E-state index contributed by atoms with van der Waals surface area (Å²) in [5.74, 6) is -0.392. The molecule has 1 aliphatic rings. The normalized spacial score (nSPS) is 20.0. The number of rotatable bonds is 4. The van der Waals surface area contributed by atoms with E-state index in [9.17, 15) is 4.39 Å². The molecule has 1 saturated carbocycles. The molecule has 1 aromatic carbocycles. The van der Waals surface area contributed by atoms with E-state index in [1.165, 1.54) is 6.07 Å². The molecule has 0 radical (unpaired) electrons. The maximum Gasteiger partial charge on any atom is 0.141 e. The molecule has 4 heteroatoms. The van der Waals surface area contributed by atoms with Gasteiger partial charge in [-0.25, -0.2) is 4.39 Å². The van der Waals surface area contributed by atoms with Crippen molar-refractivity contribution < 1.29 is 9.13 Å². The zero-order valence-electron chi connectivity index (χ0n) is 10.6. The lowest BCUT2D eigenvalue weighted by atomic mass is 9.88. The second-order valence-electron chi connectivity index (χ2n) is 5.04. The molecule has 0 saturated heterocycles. The number of methoxy groups -OCH3 is 1. The first-order chi connectivity index (χ1) is 8.57. The smallest absolute Gasteiger partial charge is 0.141 e. The van der Waals surface area contributed by atoms with Gasteiger partial charge in [0.05, 0.1) is 10.6 Å². The highest BCUT2D eigenvalue weighted by molar-refractivity contribution is 6.30. The van der Waals surface area contributed by atoms with Gasteiger partial charge in [0.1, 0.15) is 5.82 Å². The van der Waals surface area contributed by atoms with Crippen LogP contribution in [0.4, 0.5) is 4.39 Å². The van der Waals surface area contributed by atoms with Crippen molar-refractivity contribution >= 4 is 11.6 Å². The summed E-state index contributed by atoms with van der Waals surface area (Å²) < 4.78 is 18.7. The number of ether oxygens (including phenoxy) is 1. The van der Waals surface area contributed by atoms with Crippen molar-refractivity contribution in [2.45, 2.75) is 43.7 Å². The largest absolute Gasteiger partial charge is 0.377 e. The average Bonchev–Trinajstić information content (AvgIpc) is 2.84. The molecule has 0 aromatic heterocycles. The third-order valence-corrected chi connectivity index (χ3v) is 4.26. The Morgan fingerprint density at radius 3 is 2.67 bits per heavy atom. The SMILES string of the molecule is COC1(C(N)Cc2ccc(F)c(Cl)c2)CCCC1. The van der Waals surface area contributed by atoms with Gasteiger partial charge in [0.25, 0.3) is 0 Å². The summed E-state index contributed by atoms with van der Waals surface area (Å²) in [5.41, 5.74) is 7.02. The minimum atomic E-state index is -0.392. The predicted molar refractivity (Wildman–Crippen MR) is 71.3 cm³/mol. The van der Waals surface area contributed by atoms with Gasteiger partial charge in [0.2, 0.25) is 0 Å². The zero-order chi connectivity index (χ0) is 13.2. The van der Waals surface area contributed by atoms with E-state index in [1.807, 2.05) is 0 Å². The molecule has 0 amide bonds. The Morgan fingerprint density at radius 1 is 1.44 bits per heavy atom. The van der Waals surface area contributed by atoms with Gasteiger partial charge < -0.3 is 10.5 Å². The van der Waals surface area contributed by atoms with Crippen LogP contribution < -0.4 is 5.73 Å². The topological polar surface area (TPSA) is 35.2 Å². The van der Waals surface area contributed by atoms with Gasteiger partial charge in [-0.3, -0.25) is 0 Å². The molecule has 2 nitrogen and oxygen atoms in total. The number of halogens is 2. The van der Waals surface area contributed by atoms with Crippen LogP contribution >= 0.6 is 11.6 Å². The number of benzene rings is 1. The third-order valence-electron chi connectivity index (χ3n) is 3.97. The Labute approximate surface area is 112 Å². The number of hydrogen-bond acceptors (Lipinski definition) is 2. The van der Waals surface area contributed by atoms with Crippen LogP contribution in [0.3, 0.4) is 0 Å². The molecule has 2 rings (SSSR count). The van der Waals surface area contributed by atoms with Crippen LogP contribution in [-0.2, 0) is 11.2 Å². The molecule has 0 heterocycles. The Balaban J connectivity index is 2.10. The molecule has 1 aliphatic carbocycles. The van der Waals surface area contributed by atoms with Gasteiger partial charge in [-0.15, -0.1) is 0 Å². The van der Waals surface area contributed by atoms with E-state index < -0.39 is 5.82 Å². The van der Waals surface area contributed by atoms with E-state index in [-0.39, 0.29) is 16.7 Å². The Hall–Kier alpha value is -0.640. The summed E-state index contributed by atoms with van der Waals surface area (Å²) >= 11 is 5.78. The van der Waals surface area contributed by atoms with Crippen LogP contribution in [0.25, 0.3) is 0 Å². The summed E-state index contributed by atoms with van der Waals surface area (Å²) in [6, 6.07) is 4.69. The van der Waals surface area contributed by atoms with Crippen LogP contribution in [0.2, 0.25) is 5.02 Å². The molecule has 0 spiro atoms. The first-order valence-electron chi connectivity index (χ1n) is 6.32. The molecule has 1 atom stereocenters. The maximum absolute atomic E-state index is 13.1. The van der Waals surface area contributed by atoms with Gasteiger partial charge in [-0.2, -0.15) is 0 Å². The quantitative estimate of drug-likeness (QED) is 0.912. The highest BCUT2D eigenvalue weighted by Gasteiger charge is 2.39. The minimum Gasteiger partial charge on any atom is -0.377 e. The number of nitrogens with two attached hydrogens (primary N) is 1. The zero-order valence-corrected chi connectivity index (χ0v) is 11.3. The molecule has 1 unspecified atom stereocenters. The fraction of sp³-hybridized carbons (Fsp3) is 0.571. The fourth-order valence-electron chi connectivity index (χ4n) is 2.81. The molecule has 0 bridgehead atoms. The van der Waals surface area contributed by atoms with Crippen molar-refractivity contribution in [3.8, 4) is 0 Å². The minimum absolute atomic E-state index is 0.0773.